The first-order valence-corrected chi connectivity index (χ1v) is 7.89. The topological polar surface area (TPSA) is 48.7 Å². The molecule has 0 saturated carbocycles. The van der Waals surface area contributed by atoms with Crippen molar-refractivity contribution in [2.45, 2.75) is 0 Å². The van der Waals surface area contributed by atoms with Crippen LogP contribution in [0.3, 0.4) is 0 Å². The highest BCUT2D eigenvalue weighted by Crippen LogP contribution is 2.31. The second kappa shape index (κ2) is 5.98. The second-order valence-corrected chi connectivity index (χ2v) is 5.71. The van der Waals surface area contributed by atoms with Crippen LogP contribution in [0.4, 0.5) is 0 Å². The van der Waals surface area contributed by atoms with Gasteiger partial charge in [0.15, 0.2) is 5.42 Å². The van der Waals surface area contributed by atoms with Gasteiger partial charge in [0.2, 0.25) is 5.43 Å². The van der Waals surface area contributed by atoms with E-state index in [4.69, 9.17) is 13.9 Å². The van der Waals surface area contributed by atoms with Crippen molar-refractivity contribution < 1.29 is 13.9 Å². The summed E-state index contributed by atoms with van der Waals surface area (Å²) in [5.41, 5.74) is 1.69. The van der Waals surface area contributed by atoms with Gasteiger partial charge < -0.3 is 13.9 Å². The summed E-state index contributed by atoms with van der Waals surface area (Å²) in [6.45, 7) is 0. The van der Waals surface area contributed by atoms with Crippen molar-refractivity contribution in [3.05, 3.63) is 75.8 Å². The van der Waals surface area contributed by atoms with Gasteiger partial charge in [0, 0.05) is 16.2 Å². The van der Waals surface area contributed by atoms with Crippen LogP contribution in [0.15, 0.2) is 63.8 Å². The molecule has 0 aliphatic carbocycles. The Balaban J connectivity index is 2.01. The molecular formula is C21H16O4. The molecule has 0 aliphatic heterocycles. The van der Waals surface area contributed by atoms with Gasteiger partial charge >= 0.3 is 0 Å². The second-order valence-electron chi connectivity index (χ2n) is 5.71. The normalized spacial score (nSPS) is 12.0. The van der Waals surface area contributed by atoms with Gasteiger partial charge in [-0.15, -0.1) is 0 Å². The average Bonchev–Trinajstić information content (AvgIpc) is 2.66. The third-order valence-electron chi connectivity index (χ3n) is 4.28. The Morgan fingerprint density at radius 1 is 0.880 bits per heavy atom. The largest absolute Gasteiger partial charge is 0.497 e. The van der Waals surface area contributed by atoms with Gasteiger partial charge in [0.05, 0.1) is 14.2 Å². The molecule has 0 atom stereocenters. The molecule has 0 N–H and O–H groups in total. The van der Waals surface area contributed by atoms with Crippen LogP contribution in [-0.2, 0) is 0 Å². The van der Waals surface area contributed by atoms with Crippen molar-refractivity contribution >= 4 is 27.8 Å². The van der Waals surface area contributed by atoms with Crippen molar-refractivity contribution in [3.8, 4) is 11.5 Å². The first-order valence-electron chi connectivity index (χ1n) is 7.89. The van der Waals surface area contributed by atoms with Gasteiger partial charge in [-0.3, -0.25) is 4.79 Å². The van der Waals surface area contributed by atoms with Crippen molar-refractivity contribution in [3.63, 3.8) is 0 Å². The standard InChI is InChI=1S/C21H16O4/c1-23-14-8-6-13(7-9-14)12-19-21(22)16-10-11-17(24-2)15-4-3-5-18(25-19)20(15)16/h3-12H,1-2H3/b19-12+. The fourth-order valence-electron chi connectivity index (χ4n) is 3.04. The van der Waals surface area contributed by atoms with Gasteiger partial charge in [-0.05, 0) is 42.0 Å². The molecule has 4 heteroatoms. The molecule has 0 saturated heterocycles. The summed E-state index contributed by atoms with van der Waals surface area (Å²) < 4.78 is 16.4. The number of hydrogen-bond acceptors (Lipinski definition) is 4. The monoisotopic (exact) mass is 332 g/mol. The molecule has 4 rings (SSSR count). The third-order valence-corrected chi connectivity index (χ3v) is 4.28. The number of rotatable bonds is 3. The van der Waals surface area contributed by atoms with Crippen LogP contribution < -0.4 is 20.3 Å². The first kappa shape index (κ1) is 15.3. The van der Waals surface area contributed by atoms with Crippen LogP contribution in [-0.4, -0.2) is 14.2 Å². The molecule has 4 aromatic rings. The lowest BCUT2D eigenvalue weighted by Gasteiger charge is -2.08. The molecule has 3 aromatic carbocycles. The maximum absolute atomic E-state index is 12.9. The minimum absolute atomic E-state index is 0.137. The number of hydrogen-bond donors (Lipinski definition) is 0. The molecule has 25 heavy (non-hydrogen) atoms. The van der Waals surface area contributed by atoms with E-state index in [2.05, 4.69) is 0 Å². The first-order chi connectivity index (χ1) is 12.2. The van der Waals surface area contributed by atoms with E-state index in [0.29, 0.717) is 16.4 Å². The molecule has 0 amide bonds. The summed E-state index contributed by atoms with van der Waals surface area (Å²) in [4.78, 5) is 12.9. The molecule has 0 bridgehead atoms. The lowest BCUT2D eigenvalue weighted by Crippen LogP contribution is -2.24. The Kier molecular flexibility index (Phi) is 3.65. The van der Waals surface area contributed by atoms with E-state index in [1.807, 2.05) is 48.5 Å². The van der Waals surface area contributed by atoms with Crippen molar-refractivity contribution in [2.75, 3.05) is 14.2 Å². The summed E-state index contributed by atoms with van der Waals surface area (Å²) in [5, 5.41) is 2.28. The SMILES string of the molecule is COc1ccc(/C=c2/oc3cccc4c(OC)ccc(c2=O)c34)cc1. The highest BCUT2D eigenvalue weighted by atomic mass is 16.5. The molecule has 124 valence electrons. The Hall–Kier alpha value is -3.27. The third kappa shape index (κ3) is 2.52. The highest BCUT2D eigenvalue weighted by molar-refractivity contribution is 6.09. The lowest BCUT2D eigenvalue weighted by molar-refractivity contribution is 0.415. The van der Waals surface area contributed by atoms with Gasteiger partial charge in [0.1, 0.15) is 17.1 Å². The van der Waals surface area contributed by atoms with Gasteiger partial charge in [0.25, 0.3) is 0 Å². The number of ether oxygens (including phenoxy) is 2. The van der Waals surface area contributed by atoms with Crippen molar-refractivity contribution in [1.29, 1.82) is 0 Å². The average molecular weight is 332 g/mol. The van der Waals surface area contributed by atoms with E-state index in [0.717, 1.165) is 27.8 Å². The predicted molar refractivity (Wildman–Crippen MR) is 98.3 cm³/mol. The molecule has 0 fully saturated rings. The van der Waals surface area contributed by atoms with Crippen LogP contribution in [0.1, 0.15) is 5.56 Å². The Morgan fingerprint density at radius 3 is 2.40 bits per heavy atom. The maximum atomic E-state index is 12.9. The maximum Gasteiger partial charge on any atom is 0.228 e. The molecule has 4 nitrogen and oxygen atoms in total. The summed E-state index contributed by atoms with van der Waals surface area (Å²) in [6, 6.07) is 16.7. The summed E-state index contributed by atoms with van der Waals surface area (Å²) in [7, 11) is 3.23. The van der Waals surface area contributed by atoms with Crippen molar-refractivity contribution in [2.24, 2.45) is 0 Å². The summed E-state index contributed by atoms with van der Waals surface area (Å²) in [6.07, 6.45) is 1.74. The molecule has 0 aliphatic rings. The van der Waals surface area contributed by atoms with Crippen molar-refractivity contribution in [1.82, 2.24) is 0 Å². The Labute approximate surface area is 143 Å². The predicted octanol–water partition coefficient (Wildman–Crippen LogP) is 3.51. The van der Waals surface area contributed by atoms with Gasteiger partial charge in [-0.2, -0.15) is 0 Å². The van der Waals surface area contributed by atoms with E-state index in [1.54, 1.807) is 26.4 Å². The van der Waals surface area contributed by atoms with E-state index in [9.17, 15) is 4.79 Å². The molecule has 0 spiro atoms. The summed E-state index contributed by atoms with van der Waals surface area (Å²) >= 11 is 0. The van der Waals surface area contributed by atoms with E-state index >= 15 is 0 Å². The van der Waals surface area contributed by atoms with Crippen LogP contribution in [0.2, 0.25) is 0 Å². The molecule has 0 radical (unpaired) electrons. The number of benzene rings is 3. The lowest BCUT2D eigenvalue weighted by atomic mass is 10.0. The minimum atomic E-state index is -0.137. The Morgan fingerprint density at radius 2 is 1.68 bits per heavy atom. The van der Waals surface area contributed by atoms with Crippen LogP contribution >= 0.6 is 0 Å². The molecule has 0 unspecified atom stereocenters. The number of methoxy groups -OCH3 is 2. The molecule has 1 aromatic heterocycles. The van der Waals surface area contributed by atoms with E-state index in [-0.39, 0.29) is 5.43 Å². The highest BCUT2D eigenvalue weighted by Gasteiger charge is 2.12. The fourth-order valence-corrected chi connectivity index (χ4v) is 3.04. The zero-order valence-corrected chi connectivity index (χ0v) is 13.9. The minimum Gasteiger partial charge on any atom is -0.497 e. The zero-order valence-electron chi connectivity index (χ0n) is 13.9. The smallest absolute Gasteiger partial charge is 0.228 e. The quantitative estimate of drug-likeness (QED) is 0.576. The Bertz CT molecular complexity index is 1170. The fraction of sp³-hybridized carbons (Fsp3) is 0.0952. The van der Waals surface area contributed by atoms with E-state index in [1.165, 1.54) is 0 Å². The molecular weight excluding hydrogens is 316 g/mol. The van der Waals surface area contributed by atoms with E-state index < -0.39 is 0 Å². The van der Waals surface area contributed by atoms with Crippen LogP contribution in [0.5, 0.6) is 11.5 Å². The van der Waals surface area contributed by atoms with Gasteiger partial charge in [-0.25, -0.2) is 0 Å². The van der Waals surface area contributed by atoms with Gasteiger partial charge in [-0.1, -0.05) is 24.3 Å². The molecule has 1 heterocycles. The summed E-state index contributed by atoms with van der Waals surface area (Å²) in [5.74, 6) is 1.49. The zero-order chi connectivity index (χ0) is 17.4. The van der Waals surface area contributed by atoms with Crippen LogP contribution in [0, 0.1) is 0 Å². The van der Waals surface area contributed by atoms with Crippen LogP contribution in [0.25, 0.3) is 27.8 Å².